The van der Waals surface area contributed by atoms with E-state index < -0.39 is 0 Å². The van der Waals surface area contributed by atoms with Crippen LogP contribution in [0, 0.1) is 0 Å². The second kappa shape index (κ2) is 5.38. The van der Waals surface area contributed by atoms with Crippen molar-refractivity contribution in [2.75, 3.05) is 19.7 Å². The van der Waals surface area contributed by atoms with E-state index in [4.69, 9.17) is 4.74 Å². The Bertz CT molecular complexity index is 484. The maximum absolute atomic E-state index is 12.1. The number of hydrogen-bond acceptors (Lipinski definition) is 6. The number of piperidine rings is 1. The van der Waals surface area contributed by atoms with Crippen molar-refractivity contribution < 1.29 is 9.53 Å². The van der Waals surface area contributed by atoms with Gasteiger partial charge in [0.15, 0.2) is 11.0 Å². The van der Waals surface area contributed by atoms with Crippen molar-refractivity contribution >= 4 is 22.7 Å². The summed E-state index contributed by atoms with van der Waals surface area (Å²) in [6.45, 7) is 4.06. The monoisotopic (exact) mass is 279 g/mol. The summed E-state index contributed by atoms with van der Waals surface area (Å²) in [6, 6.07) is -0.236. The van der Waals surface area contributed by atoms with Gasteiger partial charge in [-0.05, 0) is 25.3 Å². The van der Waals surface area contributed by atoms with Crippen LogP contribution in [0.5, 0.6) is 0 Å². The number of ketones is 1. The second-order valence-corrected chi connectivity index (χ2v) is 5.52. The molecule has 5 nitrogen and oxygen atoms in total. The van der Waals surface area contributed by atoms with Crippen LogP contribution in [0.2, 0.25) is 0 Å². The Hall–Kier alpha value is -1.27. The molecule has 0 radical (unpaired) electrons. The van der Waals surface area contributed by atoms with Crippen molar-refractivity contribution in [3.8, 4) is 0 Å². The highest BCUT2D eigenvalue weighted by molar-refractivity contribution is 8.16. The number of carbonyl (C=O) groups is 1. The third-order valence-corrected chi connectivity index (χ3v) is 4.17. The lowest BCUT2D eigenvalue weighted by molar-refractivity contribution is -0.121. The summed E-state index contributed by atoms with van der Waals surface area (Å²) in [4.78, 5) is 18.7. The van der Waals surface area contributed by atoms with Gasteiger partial charge in [0, 0.05) is 18.2 Å². The van der Waals surface area contributed by atoms with Gasteiger partial charge in [-0.15, -0.1) is 0 Å². The van der Waals surface area contributed by atoms with Gasteiger partial charge in [-0.1, -0.05) is 11.8 Å². The molecule has 0 aromatic heterocycles. The predicted molar refractivity (Wildman–Crippen MR) is 75.6 cm³/mol. The Balaban J connectivity index is 1.92. The summed E-state index contributed by atoms with van der Waals surface area (Å²) in [6.07, 6.45) is 3.56. The van der Waals surface area contributed by atoms with Gasteiger partial charge in [0.05, 0.1) is 19.2 Å². The van der Waals surface area contributed by atoms with Gasteiger partial charge in [-0.2, -0.15) is 4.99 Å². The first-order valence-electron chi connectivity index (χ1n) is 6.60. The molecule has 3 aliphatic rings. The zero-order chi connectivity index (χ0) is 13.2. The van der Waals surface area contributed by atoms with E-state index >= 15 is 0 Å². The number of fused-ring (bicyclic) bond motifs is 1. The normalized spacial score (nSPS) is 26.6. The highest BCUT2D eigenvalue weighted by Crippen LogP contribution is 2.30. The number of thioether (sulfide) groups is 1. The highest BCUT2D eigenvalue weighted by Gasteiger charge is 2.33. The smallest absolute Gasteiger partial charge is 0.218 e. The zero-order valence-corrected chi connectivity index (χ0v) is 11.7. The highest BCUT2D eigenvalue weighted by atomic mass is 32.2. The Labute approximate surface area is 116 Å². The van der Waals surface area contributed by atoms with Gasteiger partial charge >= 0.3 is 0 Å². The Morgan fingerprint density at radius 2 is 2.53 bits per heavy atom. The topological polar surface area (TPSA) is 53.9 Å². The second-order valence-electron chi connectivity index (χ2n) is 4.65. The molecule has 0 spiro atoms. The van der Waals surface area contributed by atoms with Gasteiger partial charge in [-0.3, -0.25) is 4.79 Å². The number of aliphatic imine (C=N–C) groups is 1. The Kier molecular flexibility index (Phi) is 3.61. The summed E-state index contributed by atoms with van der Waals surface area (Å²) in [5.41, 5.74) is 0.961. The van der Waals surface area contributed by atoms with E-state index in [1.165, 1.54) is 0 Å². The van der Waals surface area contributed by atoms with Crippen LogP contribution in [0.1, 0.15) is 19.8 Å². The number of rotatable bonds is 3. The maximum atomic E-state index is 12.1. The molecule has 3 rings (SSSR count). The molecule has 0 aromatic carbocycles. The molecule has 3 aliphatic heterocycles. The lowest BCUT2D eigenvalue weighted by Crippen LogP contribution is -2.47. The first-order chi connectivity index (χ1) is 9.29. The van der Waals surface area contributed by atoms with Crippen molar-refractivity contribution in [2.24, 2.45) is 4.99 Å². The third-order valence-electron chi connectivity index (χ3n) is 3.37. The zero-order valence-electron chi connectivity index (χ0n) is 10.9. The molecular formula is C13H17N3O2S. The minimum atomic E-state index is -0.236. The number of carbonyl (C=O) groups excluding carboxylic acids is 1. The summed E-state index contributed by atoms with van der Waals surface area (Å²) in [5.74, 6) is 0.866. The first-order valence-corrected chi connectivity index (χ1v) is 7.48. The minimum absolute atomic E-state index is 0.236. The molecule has 0 amide bonds. The molecular weight excluding hydrogens is 262 g/mol. The Morgan fingerprint density at radius 3 is 3.32 bits per heavy atom. The largest absolute Gasteiger partial charge is 0.478 e. The molecule has 1 unspecified atom stereocenters. The van der Waals surface area contributed by atoms with E-state index in [1.54, 1.807) is 11.8 Å². The predicted octanol–water partition coefficient (Wildman–Crippen LogP) is 1.45. The van der Waals surface area contributed by atoms with Crippen LogP contribution >= 0.6 is 11.8 Å². The fraction of sp³-hybridized carbons (Fsp3) is 0.538. The van der Waals surface area contributed by atoms with Gasteiger partial charge in [0.1, 0.15) is 0 Å². The van der Waals surface area contributed by atoms with Gasteiger partial charge < -0.3 is 15.0 Å². The fourth-order valence-electron chi connectivity index (χ4n) is 2.48. The minimum Gasteiger partial charge on any atom is -0.478 e. The SMILES string of the molecule is CCOC1=C(C2NCCCC2=O)CN2C=CSC2=N1. The quantitative estimate of drug-likeness (QED) is 0.847. The maximum Gasteiger partial charge on any atom is 0.218 e. The number of amidine groups is 1. The molecule has 6 heteroatoms. The van der Waals surface area contributed by atoms with Crippen LogP contribution < -0.4 is 5.32 Å². The molecule has 0 saturated carbocycles. The van der Waals surface area contributed by atoms with Gasteiger partial charge in [0.25, 0.3) is 0 Å². The Morgan fingerprint density at radius 1 is 1.63 bits per heavy atom. The molecule has 0 aromatic rings. The molecule has 1 atom stereocenters. The van der Waals surface area contributed by atoms with E-state index in [9.17, 15) is 4.79 Å². The molecule has 3 heterocycles. The molecule has 0 bridgehead atoms. The molecule has 0 aliphatic carbocycles. The van der Waals surface area contributed by atoms with Crippen LogP contribution in [0.3, 0.4) is 0 Å². The molecule has 102 valence electrons. The number of nitrogens with one attached hydrogen (secondary N) is 1. The lowest BCUT2D eigenvalue weighted by Gasteiger charge is -2.31. The van der Waals surface area contributed by atoms with Crippen LogP contribution in [0.4, 0.5) is 0 Å². The van der Waals surface area contributed by atoms with Crippen molar-refractivity contribution in [1.29, 1.82) is 0 Å². The van der Waals surface area contributed by atoms with Crippen molar-refractivity contribution in [2.45, 2.75) is 25.8 Å². The fourth-order valence-corrected chi connectivity index (χ4v) is 3.20. The van der Waals surface area contributed by atoms with E-state index in [2.05, 4.69) is 15.2 Å². The third kappa shape index (κ3) is 2.42. The van der Waals surface area contributed by atoms with E-state index in [0.29, 0.717) is 25.5 Å². The molecule has 1 fully saturated rings. The standard InChI is InChI=1S/C13H17N3O2S/c1-2-18-12-9(11-10(17)4-3-5-14-11)8-16-6-7-19-13(16)15-12/h6-7,11,14H,2-5,8H2,1H3. The van der Waals surface area contributed by atoms with Crippen LogP contribution in [0.15, 0.2) is 28.1 Å². The molecule has 1 saturated heterocycles. The van der Waals surface area contributed by atoms with Crippen LogP contribution in [-0.2, 0) is 9.53 Å². The summed E-state index contributed by atoms with van der Waals surface area (Å²) in [7, 11) is 0. The van der Waals surface area contributed by atoms with Crippen molar-refractivity contribution in [3.63, 3.8) is 0 Å². The summed E-state index contributed by atoms with van der Waals surface area (Å²) in [5, 5.41) is 6.22. The molecule has 1 N–H and O–H groups in total. The van der Waals surface area contributed by atoms with E-state index in [0.717, 1.165) is 23.7 Å². The molecule has 19 heavy (non-hydrogen) atoms. The van der Waals surface area contributed by atoms with E-state index in [1.807, 2.05) is 18.5 Å². The summed E-state index contributed by atoms with van der Waals surface area (Å²) < 4.78 is 5.64. The first kappa shape index (κ1) is 12.7. The van der Waals surface area contributed by atoms with Crippen LogP contribution in [0.25, 0.3) is 0 Å². The van der Waals surface area contributed by atoms with Gasteiger partial charge in [0.2, 0.25) is 5.88 Å². The number of hydrogen-bond donors (Lipinski definition) is 1. The van der Waals surface area contributed by atoms with Crippen molar-refractivity contribution in [1.82, 2.24) is 10.2 Å². The van der Waals surface area contributed by atoms with Crippen molar-refractivity contribution in [3.05, 3.63) is 23.1 Å². The van der Waals surface area contributed by atoms with Gasteiger partial charge in [-0.25, -0.2) is 0 Å². The lowest BCUT2D eigenvalue weighted by atomic mass is 9.95. The number of ether oxygens (including phenoxy) is 1. The number of Topliss-reactive ketones (excluding diaryl/α,β-unsaturated/α-hetero) is 1. The average Bonchev–Trinajstić information content (AvgIpc) is 2.86. The summed E-state index contributed by atoms with van der Waals surface area (Å²) >= 11 is 1.58. The van der Waals surface area contributed by atoms with Crippen LogP contribution in [-0.4, -0.2) is 41.6 Å². The number of nitrogens with zero attached hydrogens (tertiary/aromatic N) is 2. The van der Waals surface area contributed by atoms with E-state index in [-0.39, 0.29) is 11.8 Å². The average molecular weight is 279 g/mol.